The van der Waals surface area contributed by atoms with E-state index in [0.717, 1.165) is 22.6 Å². The van der Waals surface area contributed by atoms with E-state index in [-0.39, 0.29) is 17.4 Å². The molecule has 0 saturated carbocycles. The van der Waals surface area contributed by atoms with E-state index in [0.29, 0.717) is 29.7 Å². The third-order valence-electron chi connectivity index (χ3n) is 5.14. The molecule has 2 aromatic carbocycles. The number of pyridine rings is 1. The van der Waals surface area contributed by atoms with Crippen LogP contribution in [-0.2, 0) is 4.79 Å². The van der Waals surface area contributed by atoms with Crippen molar-refractivity contribution in [3.05, 3.63) is 78.6 Å². The van der Waals surface area contributed by atoms with Crippen LogP contribution in [0.15, 0.2) is 83.3 Å². The quantitative estimate of drug-likeness (QED) is 0.187. The summed E-state index contributed by atoms with van der Waals surface area (Å²) in [6, 6.07) is 18.1. The Morgan fingerprint density at radius 2 is 1.86 bits per heavy atom. The second-order valence-electron chi connectivity index (χ2n) is 7.59. The number of aromatic hydroxyl groups is 1. The molecule has 0 spiro atoms. The van der Waals surface area contributed by atoms with Gasteiger partial charge in [-0.3, -0.25) is 14.3 Å². The molecule has 2 heterocycles. The lowest BCUT2D eigenvalue weighted by Gasteiger charge is -2.11. The average molecular weight is 503 g/mol. The van der Waals surface area contributed by atoms with Crippen LogP contribution in [-0.4, -0.2) is 48.8 Å². The van der Waals surface area contributed by atoms with Crippen molar-refractivity contribution in [3.8, 4) is 28.6 Å². The van der Waals surface area contributed by atoms with Crippen molar-refractivity contribution >= 4 is 23.4 Å². The smallest absolute Gasteiger partial charge is 0.250 e. The second kappa shape index (κ2) is 12.0. The molecule has 36 heavy (non-hydrogen) atoms. The van der Waals surface area contributed by atoms with Gasteiger partial charge in [-0.15, -0.1) is 10.2 Å². The minimum Gasteiger partial charge on any atom is -0.508 e. The summed E-state index contributed by atoms with van der Waals surface area (Å²) in [6.07, 6.45) is 4.05. The molecule has 2 aromatic heterocycles. The molecule has 184 valence electrons. The predicted octanol–water partition coefficient (Wildman–Crippen LogP) is 4.46. The molecule has 0 aliphatic heterocycles. The van der Waals surface area contributed by atoms with Gasteiger partial charge < -0.3 is 9.84 Å². The molecule has 1 amide bonds. The van der Waals surface area contributed by atoms with Crippen LogP contribution in [0.4, 0.5) is 0 Å². The van der Waals surface area contributed by atoms with Gasteiger partial charge in [0.05, 0.1) is 18.1 Å². The molecule has 0 aliphatic rings. The maximum absolute atomic E-state index is 12.6. The Kier molecular flexibility index (Phi) is 8.30. The Bertz CT molecular complexity index is 1320. The maximum atomic E-state index is 12.6. The average Bonchev–Trinajstić information content (AvgIpc) is 3.34. The number of rotatable bonds is 10. The summed E-state index contributed by atoms with van der Waals surface area (Å²) in [5.74, 6) is 1.39. The molecule has 0 atom stereocenters. The van der Waals surface area contributed by atoms with Crippen LogP contribution >= 0.6 is 11.8 Å². The van der Waals surface area contributed by atoms with Crippen molar-refractivity contribution in [3.63, 3.8) is 0 Å². The molecule has 4 aromatic rings. The van der Waals surface area contributed by atoms with Crippen molar-refractivity contribution in [1.82, 2.24) is 25.2 Å². The van der Waals surface area contributed by atoms with Crippen LogP contribution in [0, 0.1) is 0 Å². The normalized spacial score (nSPS) is 11.3. The van der Waals surface area contributed by atoms with E-state index in [1.807, 2.05) is 54.8 Å². The van der Waals surface area contributed by atoms with Crippen LogP contribution in [0.5, 0.6) is 11.5 Å². The first-order chi connectivity index (χ1) is 17.6. The predicted molar refractivity (Wildman–Crippen MR) is 140 cm³/mol. The van der Waals surface area contributed by atoms with Gasteiger partial charge >= 0.3 is 0 Å². The number of thioether (sulfide) groups is 1. The van der Waals surface area contributed by atoms with Gasteiger partial charge in [-0.1, -0.05) is 18.7 Å². The Balaban J connectivity index is 1.53. The van der Waals surface area contributed by atoms with E-state index in [1.165, 1.54) is 11.8 Å². The second-order valence-corrected chi connectivity index (χ2v) is 8.54. The van der Waals surface area contributed by atoms with Gasteiger partial charge in [-0.05, 0) is 79.6 Å². The highest BCUT2D eigenvalue weighted by molar-refractivity contribution is 7.99. The summed E-state index contributed by atoms with van der Waals surface area (Å²) >= 11 is 1.26. The molecule has 0 saturated heterocycles. The molecule has 0 unspecified atom stereocenters. The summed E-state index contributed by atoms with van der Waals surface area (Å²) in [5.41, 5.74) is 5.81. The zero-order valence-electron chi connectivity index (χ0n) is 20.0. The van der Waals surface area contributed by atoms with Crippen LogP contribution in [0.25, 0.3) is 17.1 Å². The number of hydrazone groups is 1. The fourth-order valence-corrected chi connectivity index (χ4v) is 4.17. The number of aromatic nitrogens is 4. The third-order valence-corrected chi connectivity index (χ3v) is 6.07. The highest BCUT2D eigenvalue weighted by atomic mass is 32.2. The van der Waals surface area contributed by atoms with Crippen LogP contribution < -0.4 is 10.2 Å². The number of hydrogen-bond acceptors (Lipinski definition) is 8. The maximum Gasteiger partial charge on any atom is 0.250 e. The number of hydrogen-bond donors (Lipinski definition) is 2. The number of nitrogens with zero attached hydrogens (tertiary/aromatic N) is 5. The summed E-state index contributed by atoms with van der Waals surface area (Å²) in [5, 5.41) is 23.0. The van der Waals surface area contributed by atoms with Crippen LogP contribution in [0.3, 0.4) is 0 Å². The van der Waals surface area contributed by atoms with Crippen molar-refractivity contribution in [2.24, 2.45) is 5.10 Å². The number of benzene rings is 2. The van der Waals surface area contributed by atoms with Crippen molar-refractivity contribution in [2.75, 3.05) is 12.4 Å². The van der Waals surface area contributed by atoms with E-state index in [1.54, 1.807) is 36.7 Å². The molecule has 0 radical (unpaired) electrons. The number of ether oxygens (including phenoxy) is 1. The highest BCUT2D eigenvalue weighted by Crippen LogP contribution is 2.28. The summed E-state index contributed by atoms with van der Waals surface area (Å²) in [7, 11) is 0. The van der Waals surface area contributed by atoms with E-state index >= 15 is 0 Å². The van der Waals surface area contributed by atoms with E-state index in [4.69, 9.17) is 4.74 Å². The van der Waals surface area contributed by atoms with Crippen LogP contribution in [0.2, 0.25) is 0 Å². The summed E-state index contributed by atoms with van der Waals surface area (Å²) in [6.45, 7) is 4.47. The van der Waals surface area contributed by atoms with Gasteiger partial charge in [-0.2, -0.15) is 5.10 Å². The minimum absolute atomic E-state index is 0.0955. The largest absolute Gasteiger partial charge is 0.508 e. The number of carbonyl (C=O) groups is 1. The lowest BCUT2D eigenvalue weighted by Crippen LogP contribution is -2.22. The molecular formula is C26H26N6O3S. The SMILES string of the molecule is CCOc1ccc(-n2c(SCC(=O)N/N=C(\CC)c3ccc(O)cc3)nnc2-c2cccnc2)cc1. The topological polar surface area (TPSA) is 115 Å². The van der Waals surface area contributed by atoms with Crippen molar-refractivity contribution in [2.45, 2.75) is 25.4 Å². The van der Waals surface area contributed by atoms with Gasteiger partial charge in [-0.25, -0.2) is 5.43 Å². The molecular weight excluding hydrogens is 476 g/mol. The zero-order valence-corrected chi connectivity index (χ0v) is 20.8. The fourth-order valence-electron chi connectivity index (χ4n) is 3.43. The molecule has 9 nitrogen and oxygen atoms in total. The summed E-state index contributed by atoms with van der Waals surface area (Å²) < 4.78 is 7.45. The molecule has 0 bridgehead atoms. The number of nitrogens with one attached hydrogen (secondary N) is 1. The van der Waals surface area contributed by atoms with Crippen LogP contribution in [0.1, 0.15) is 25.8 Å². The fraction of sp³-hybridized carbons (Fsp3) is 0.192. The first kappa shape index (κ1) is 24.9. The monoisotopic (exact) mass is 502 g/mol. The first-order valence-electron chi connectivity index (χ1n) is 11.5. The molecule has 2 N–H and O–H groups in total. The molecule has 10 heteroatoms. The number of carbonyl (C=O) groups excluding carboxylic acids is 1. The van der Waals surface area contributed by atoms with Crippen molar-refractivity contribution in [1.29, 1.82) is 0 Å². The Labute approximate surface area is 213 Å². The number of phenols is 1. The standard InChI is InChI=1S/C26H26N6O3S/c1-3-23(18-7-11-21(33)12-8-18)28-29-24(34)17-36-26-31-30-25(19-6-5-15-27-16-19)32(26)20-9-13-22(14-10-20)35-4-2/h5-16,33H,3-4,17H2,1-2H3,(H,29,34)/b28-23+. The zero-order chi connectivity index (χ0) is 25.3. The number of phenolic OH excluding ortho intramolecular Hbond substituents is 1. The first-order valence-corrected chi connectivity index (χ1v) is 12.4. The summed E-state index contributed by atoms with van der Waals surface area (Å²) in [4.78, 5) is 16.8. The number of amides is 1. The van der Waals surface area contributed by atoms with E-state index in [2.05, 4.69) is 25.7 Å². The van der Waals surface area contributed by atoms with E-state index < -0.39 is 0 Å². The Morgan fingerprint density at radius 1 is 1.08 bits per heavy atom. The Morgan fingerprint density at radius 3 is 2.53 bits per heavy atom. The lowest BCUT2D eigenvalue weighted by molar-refractivity contribution is -0.118. The van der Waals surface area contributed by atoms with Gasteiger partial charge in [0, 0.05) is 23.6 Å². The van der Waals surface area contributed by atoms with Crippen molar-refractivity contribution < 1.29 is 14.6 Å². The minimum atomic E-state index is -0.270. The lowest BCUT2D eigenvalue weighted by atomic mass is 10.1. The van der Waals surface area contributed by atoms with Gasteiger partial charge in [0.2, 0.25) is 0 Å². The highest BCUT2D eigenvalue weighted by Gasteiger charge is 2.18. The van der Waals surface area contributed by atoms with Gasteiger partial charge in [0.25, 0.3) is 5.91 Å². The molecule has 4 rings (SSSR count). The Hall–Kier alpha value is -4.18. The third kappa shape index (κ3) is 6.08. The molecule has 0 aliphatic carbocycles. The molecule has 0 fully saturated rings. The van der Waals surface area contributed by atoms with Gasteiger partial charge in [0.1, 0.15) is 11.5 Å². The van der Waals surface area contributed by atoms with E-state index in [9.17, 15) is 9.90 Å². The van der Waals surface area contributed by atoms with Gasteiger partial charge in [0.15, 0.2) is 11.0 Å².